The average molecular weight is 650 g/mol. The fourth-order valence-corrected chi connectivity index (χ4v) is 7.04. The maximum absolute atomic E-state index is 14.0. The maximum atomic E-state index is 14.0. The van der Waals surface area contributed by atoms with Gasteiger partial charge in [0.1, 0.15) is 29.5 Å². The van der Waals surface area contributed by atoms with Crippen molar-refractivity contribution in [3.05, 3.63) is 84.4 Å². The number of carbonyl (C=O) groups is 4. The Balaban J connectivity index is 1.12. The molecule has 0 spiro atoms. The van der Waals surface area contributed by atoms with Crippen molar-refractivity contribution in [3.63, 3.8) is 0 Å². The molecule has 4 aromatic rings. The molecule has 4 amide bonds. The number of nitrogens with zero attached hydrogens (tertiary/aromatic N) is 3. The van der Waals surface area contributed by atoms with E-state index in [1.807, 2.05) is 72.8 Å². The number of fused-ring (bicyclic) bond motifs is 1. The van der Waals surface area contributed by atoms with Crippen LogP contribution < -0.4 is 10.6 Å². The summed E-state index contributed by atoms with van der Waals surface area (Å²) in [6.45, 7) is 8.20. The van der Waals surface area contributed by atoms with Gasteiger partial charge in [-0.25, -0.2) is 0 Å². The number of benzene rings is 3. The van der Waals surface area contributed by atoms with Gasteiger partial charge >= 0.3 is 0 Å². The molecule has 48 heavy (non-hydrogen) atoms. The highest BCUT2D eigenvalue weighted by Crippen LogP contribution is 2.32. The monoisotopic (exact) mass is 649 g/mol. The molecule has 0 saturated carbocycles. The normalized spacial score (nSPS) is 18.3. The zero-order valence-electron chi connectivity index (χ0n) is 27.8. The van der Waals surface area contributed by atoms with Gasteiger partial charge in [0.2, 0.25) is 23.6 Å². The van der Waals surface area contributed by atoms with Crippen molar-refractivity contribution >= 4 is 46.0 Å². The summed E-state index contributed by atoms with van der Waals surface area (Å²) in [7, 11) is 0. The first-order valence-electron chi connectivity index (χ1n) is 16.9. The Kier molecular flexibility index (Phi) is 9.91. The number of amides is 4. The number of hydrogen-bond acceptors (Lipinski definition) is 6. The standard InChI is InChI=1S/C38H43N5O5/c1-4-41(5-2)35(27-11-7-6-8-12-27)38(47)43-22-10-14-32(43)37(46)39-29-17-15-26(16-18-29)34-24-28-23-30(19-20-33(28)48-34)40-36(45)31-13-9-21-42(31)25(3)44/h6-8,11-12,15-20,23-24,31-32,35H,4-5,9-10,13-14,21-22H2,1-3H3,(H,39,46)(H,40,45)/t31-,32-,35+/m0/s1. The third kappa shape index (κ3) is 6.85. The topological polar surface area (TPSA) is 115 Å². The number of likely N-dealkylation sites (N-methyl/N-ethyl adjacent to an activating group) is 1. The molecule has 2 N–H and O–H groups in total. The van der Waals surface area contributed by atoms with Crippen LogP contribution >= 0.6 is 0 Å². The van der Waals surface area contributed by atoms with Gasteiger partial charge in [-0.3, -0.25) is 24.1 Å². The van der Waals surface area contributed by atoms with Gasteiger partial charge in [0.15, 0.2) is 0 Å². The summed E-state index contributed by atoms with van der Waals surface area (Å²) in [5.74, 6) is 0.144. The molecule has 1 aromatic heterocycles. The predicted octanol–water partition coefficient (Wildman–Crippen LogP) is 6.06. The minimum Gasteiger partial charge on any atom is -0.456 e. The van der Waals surface area contributed by atoms with Crippen LogP contribution in [0.15, 0.2) is 83.3 Å². The SMILES string of the molecule is CCN(CC)[C@@H](C(=O)N1CCC[C@H]1C(=O)Nc1ccc(-c2cc3cc(NC(=O)[C@@H]4CCCN4C(C)=O)ccc3o2)cc1)c1ccccc1. The second-order valence-corrected chi connectivity index (χ2v) is 12.5. The zero-order chi connectivity index (χ0) is 33.8. The van der Waals surface area contributed by atoms with E-state index in [1.54, 1.807) is 15.9 Å². The molecule has 6 rings (SSSR count). The molecule has 10 heteroatoms. The Hall–Kier alpha value is -4.96. The van der Waals surface area contributed by atoms with Crippen LogP contribution in [0.2, 0.25) is 0 Å². The number of rotatable bonds is 10. The van der Waals surface area contributed by atoms with Crippen LogP contribution in [0, 0.1) is 0 Å². The Bertz CT molecular complexity index is 1780. The number of nitrogens with one attached hydrogen (secondary N) is 2. The molecule has 3 atom stereocenters. The summed E-state index contributed by atoms with van der Waals surface area (Å²) in [6.07, 6.45) is 2.86. The van der Waals surface area contributed by atoms with Gasteiger partial charge in [0.25, 0.3) is 0 Å². The van der Waals surface area contributed by atoms with Gasteiger partial charge < -0.3 is 24.9 Å². The molecular weight excluding hydrogens is 606 g/mol. The summed E-state index contributed by atoms with van der Waals surface area (Å²) in [6, 6.07) is 23.2. The third-order valence-electron chi connectivity index (χ3n) is 9.55. The first kappa shape index (κ1) is 33.0. The number of hydrogen-bond donors (Lipinski definition) is 2. The molecule has 0 unspecified atom stereocenters. The second kappa shape index (κ2) is 14.4. The van der Waals surface area contributed by atoms with Crippen LogP contribution in [0.4, 0.5) is 11.4 Å². The van der Waals surface area contributed by atoms with Crippen LogP contribution in [0.3, 0.4) is 0 Å². The smallest absolute Gasteiger partial charge is 0.247 e. The summed E-state index contributed by atoms with van der Waals surface area (Å²) >= 11 is 0. The fourth-order valence-electron chi connectivity index (χ4n) is 7.04. The molecule has 0 radical (unpaired) electrons. The zero-order valence-corrected chi connectivity index (χ0v) is 27.8. The molecule has 2 aliphatic rings. The number of likely N-dealkylation sites (tertiary alicyclic amines) is 2. The molecule has 3 aromatic carbocycles. The average Bonchev–Trinajstić information content (AvgIpc) is 3.88. The molecule has 0 bridgehead atoms. The molecule has 2 aliphatic heterocycles. The van der Waals surface area contributed by atoms with Gasteiger partial charge in [-0.05, 0) is 92.9 Å². The van der Waals surface area contributed by atoms with Crippen molar-refractivity contribution in [3.8, 4) is 11.3 Å². The first-order chi connectivity index (χ1) is 23.3. The summed E-state index contributed by atoms with van der Waals surface area (Å²) in [5.41, 5.74) is 3.72. The lowest BCUT2D eigenvalue weighted by molar-refractivity contribution is -0.141. The van der Waals surface area contributed by atoms with Crippen LogP contribution in [0.25, 0.3) is 22.3 Å². The van der Waals surface area contributed by atoms with Crippen molar-refractivity contribution in [1.29, 1.82) is 0 Å². The van der Waals surface area contributed by atoms with E-state index in [4.69, 9.17) is 4.42 Å². The number of furan rings is 1. The Labute approximate surface area is 281 Å². The predicted molar refractivity (Wildman–Crippen MR) is 186 cm³/mol. The lowest BCUT2D eigenvalue weighted by Crippen LogP contribution is -2.48. The maximum Gasteiger partial charge on any atom is 0.247 e. The summed E-state index contributed by atoms with van der Waals surface area (Å²) in [4.78, 5) is 57.8. The van der Waals surface area contributed by atoms with Crippen LogP contribution in [0.5, 0.6) is 0 Å². The van der Waals surface area contributed by atoms with Crippen molar-refractivity contribution < 1.29 is 23.6 Å². The number of carbonyl (C=O) groups excluding carboxylic acids is 4. The van der Waals surface area contributed by atoms with Crippen LogP contribution in [0.1, 0.15) is 58.1 Å². The molecule has 250 valence electrons. The fraction of sp³-hybridized carbons (Fsp3) is 0.368. The quantitative estimate of drug-likeness (QED) is 0.216. The highest BCUT2D eigenvalue weighted by Gasteiger charge is 2.39. The molecule has 3 heterocycles. The van der Waals surface area contributed by atoms with E-state index in [9.17, 15) is 19.2 Å². The minimum atomic E-state index is -0.539. The van der Waals surface area contributed by atoms with Gasteiger partial charge in [0.05, 0.1) is 0 Å². The van der Waals surface area contributed by atoms with Crippen LogP contribution in [-0.2, 0) is 19.2 Å². The lowest BCUT2D eigenvalue weighted by atomic mass is 10.0. The largest absolute Gasteiger partial charge is 0.456 e. The van der Waals surface area contributed by atoms with E-state index in [0.717, 1.165) is 42.4 Å². The van der Waals surface area contributed by atoms with E-state index >= 15 is 0 Å². The van der Waals surface area contributed by atoms with E-state index in [-0.39, 0.29) is 23.6 Å². The summed E-state index contributed by atoms with van der Waals surface area (Å²) in [5, 5.41) is 6.81. The van der Waals surface area contributed by atoms with Crippen LogP contribution in [-0.4, -0.2) is 76.6 Å². The van der Waals surface area contributed by atoms with Gasteiger partial charge in [0, 0.05) is 42.3 Å². The Morgan fingerprint density at radius 1 is 0.792 bits per heavy atom. The van der Waals surface area contributed by atoms with Crippen molar-refractivity contribution in [2.45, 2.75) is 64.6 Å². The highest BCUT2D eigenvalue weighted by molar-refractivity contribution is 6.00. The molecule has 2 saturated heterocycles. The van der Waals surface area contributed by atoms with Crippen molar-refractivity contribution in [1.82, 2.24) is 14.7 Å². The van der Waals surface area contributed by atoms with E-state index in [2.05, 4.69) is 29.4 Å². The van der Waals surface area contributed by atoms with Gasteiger partial charge in [-0.2, -0.15) is 0 Å². The Morgan fingerprint density at radius 3 is 2.04 bits per heavy atom. The minimum absolute atomic E-state index is 0.0397. The molecule has 0 aliphatic carbocycles. The summed E-state index contributed by atoms with van der Waals surface area (Å²) < 4.78 is 6.10. The van der Waals surface area contributed by atoms with Gasteiger partial charge in [-0.1, -0.05) is 44.2 Å². The number of anilines is 2. The van der Waals surface area contributed by atoms with E-state index < -0.39 is 18.1 Å². The molecule has 10 nitrogen and oxygen atoms in total. The van der Waals surface area contributed by atoms with Gasteiger partial charge in [-0.15, -0.1) is 0 Å². The Morgan fingerprint density at radius 2 is 1.40 bits per heavy atom. The first-order valence-corrected chi connectivity index (χ1v) is 16.9. The van der Waals surface area contributed by atoms with Crippen molar-refractivity contribution in [2.75, 3.05) is 36.8 Å². The van der Waals surface area contributed by atoms with Crippen molar-refractivity contribution in [2.24, 2.45) is 0 Å². The van der Waals surface area contributed by atoms with E-state index in [0.29, 0.717) is 48.6 Å². The molecule has 2 fully saturated rings. The lowest BCUT2D eigenvalue weighted by Gasteiger charge is -2.34. The highest BCUT2D eigenvalue weighted by atomic mass is 16.3. The second-order valence-electron chi connectivity index (χ2n) is 12.5. The molecular formula is C38H43N5O5. The van der Waals surface area contributed by atoms with E-state index in [1.165, 1.54) is 6.92 Å². The third-order valence-corrected chi connectivity index (χ3v) is 9.55.